The molecule has 0 saturated heterocycles. The monoisotopic (exact) mass is 432 g/mol. The molecule has 0 saturated carbocycles. The average molecular weight is 432 g/mol. The number of hydrogen-bond donors (Lipinski definition) is 2. The smallest absolute Gasteiger partial charge is 0.295 e. The molecule has 2 aromatic heterocycles. The van der Waals surface area contributed by atoms with Gasteiger partial charge >= 0.3 is 0 Å². The number of carbonyl (C=O) groups excluding carboxylic acids is 2. The van der Waals surface area contributed by atoms with Crippen molar-refractivity contribution in [3.05, 3.63) is 101 Å². The van der Waals surface area contributed by atoms with Gasteiger partial charge in [0.05, 0.1) is 11.2 Å². The highest BCUT2D eigenvalue weighted by atomic mass is 16.6. The van der Waals surface area contributed by atoms with Gasteiger partial charge in [-0.1, -0.05) is 12.1 Å². The number of furan rings is 1. The van der Waals surface area contributed by atoms with Crippen LogP contribution in [0.15, 0.2) is 77.9 Å². The van der Waals surface area contributed by atoms with Crippen LogP contribution in [0.4, 0.5) is 11.4 Å². The van der Waals surface area contributed by atoms with Crippen molar-refractivity contribution in [2.24, 2.45) is 0 Å². The summed E-state index contributed by atoms with van der Waals surface area (Å²) in [5.41, 5.74) is 1.31. The van der Waals surface area contributed by atoms with Crippen LogP contribution < -0.4 is 10.6 Å². The summed E-state index contributed by atoms with van der Waals surface area (Å²) in [6.07, 6.45) is 4.00. The van der Waals surface area contributed by atoms with Crippen molar-refractivity contribution < 1.29 is 18.9 Å². The number of benzene rings is 2. The second-order valence-electron chi connectivity index (χ2n) is 6.62. The molecule has 2 N–H and O–H groups in total. The molecule has 0 aliphatic heterocycles. The molecule has 0 unspecified atom stereocenters. The van der Waals surface area contributed by atoms with Crippen LogP contribution in [-0.2, 0) is 6.54 Å². The van der Waals surface area contributed by atoms with E-state index >= 15 is 0 Å². The number of hydrogen-bond acceptors (Lipinski definition) is 7. The van der Waals surface area contributed by atoms with E-state index in [-0.39, 0.29) is 29.2 Å². The minimum absolute atomic E-state index is 0.128. The summed E-state index contributed by atoms with van der Waals surface area (Å²) < 4.78 is 6.31. The molecule has 2 aromatic carbocycles. The van der Waals surface area contributed by atoms with Crippen LogP contribution in [0.2, 0.25) is 0 Å². The van der Waals surface area contributed by atoms with Gasteiger partial charge in [-0.2, -0.15) is 5.10 Å². The molecule has 0 radical (unpaired) electrons. The first kappa shape index (κ1) is 20.5. The van der Waals surface area contributed by atoms with Crippen molar-refractivity contribution in [1.29, 1.82) is 0 Å². The standard InChI is InChI=1S/C21H16N6O5/c28-20(15-6-7-17(18(10-15)27(30)31)26-13-22-12-24-26)23-11-14-3-1-4-16(9-14)25-21(29)19-5-2-8-32-19/h1-10,12-13H,11H2,(H,23,28)(H,25,29). The number of nitro groups is 1. The van der Waals surface area contributed by atoms with Crippen molar-refractivity contribution in [2.45, 2.75) is 6.54 Å². The second-order valence-corrected chi connectivity index (χ2v) is 6.62. The van der Waals surface area contributed by atoms with Gasteiger partial charge in [0.2, 0.25) is 0 Å². The summed E-state index contributed by atoms with van der Waals surface area (Å²) in [6, 6.07) is 14.2. The van der Waals surface area contributed by atoms with E-state index in [0.29, 0.717) is 5.69 Å². The quantitative estimate of drug-likeness (QED) is 0.337. The third kappa shape index (κ3) is 4.51. The summed E-state index contributed by atoms with van der Waals surface area (Å²) in [5.74, 6) is -0.695. The Labute approximate surface area is 180 Å². The number of anilines is 1. The van der Waals surface area contributed by atoms with Crippen molar-refractivity contribution in [3.8, 4) is 5.69 Å². The van der Waals surface area contributed by atoms with Crippen molar-refractivity contribution in [1.82, 2.24) is 20.1 Å². The molecular formula is C21H16N6O5. The van der Waals surface area contributed by atoms with Crippen LogP contribution in [0.5, 0.6) is 0 Å². The first-order chi connectivity index (χ1) is 15.5. The number of nitro benzene ring substituents is 1. The maximum atomic E-state index is 12.6. The van der Waals surface area contributed by atoms with Gasteiger partial charge in [0, 0.05) is 23.9 Å². The van der Waals surface area contributed by atoms with Gasteiger partial charge in [0.25, 0.3) is 17.5 Å². The summed E-state index contributed by atoms with van der Waals surface area (Å²) in [6.45, 7) is 0.155. The van der Waals surface area contributed by atoms with E-state index in [9.17, 15) is 19.7 Å². The lowest BCUT2D eigenvalue weighted by Gasteiger charge is -2.09. The summed E-state index contributed by atoms with van der Waals surface area (Å²) in [4.78, 5) is 39.3. The van der Waals surface area contributed by atoms with Gasteiger partial charge in [-0.15, -0.1) is 0 Å². The molecule has 32 heavy (non-hydrogen) atoms. The number of nitrogens with zero attached hydrogens (tertiary/aromatic N) is 4. The Morgan fingerprint density at radius 3 is 2.69 bits per heavy atom. The number of carbonyl (C=O) groups is 2. The lowest BCUT2D eigenvalue weighted by molar-refractivity contribution is -0.384. The topological polar surface area (TPSA) is 145 Å². The Kier molecular flexibility index (Phi) is 5.70. The molecule has 160 valence electrons. The first-order valence-electron chi connectivity index (χ1n) is 9.37. The summed E-state index contributed by atoms with van der Waals surface area (Å²) >= 11 is 0. The predicted octanol–water partition coefficient (Wildman–Crippen LogP) is 2.95. The number of aromatic nitrogens is 3. The molecule has 2 heterocycles. The molecule has 2 amide bonds. The summed E-state index contributed by atoms with van der Waals surface area (Å²) in [7, 11) is 0. The molecule has 0 fully saturated rings. The normalized spacial score (nSPS) is 10.5. The Hall–Kier alpha value is -4.80. The Morgan fingerprint density at radius 1 is 1.09 bits per heavy atom. The fourth-order valence-electron chi connectivity index (χ4n) is 2.98. The van der Waals surface area contributed by atoms with Crippen LogP contribution >= 0.6 is 0 Å². The molecule has 4 rings (SSSR count). The van der Waals surface area contributed by atoms with Gasteiger partial charge < -0.3 is 15.1 Å². The fraction of sp³-hybridized carbons (Fsp3) is 0.0476. The third-order valence-electron chi connectivity index (χ3n) is 4.48. The first-order valence-corrected chi connectivity index (χ1v) is 9.37. The molecule has 4 aromatic rings. The fourth-order valence-corrected chi connectivity index (χ4v) is 2.98. The van der Waals surface area contributed by atoms with Gasteiger partial charge in [-0.25, -0.2) is 9.67 Å². The highest BCUT2D eigenvalue weighted by molar-refractivity contribution is 6.02. The average Bonchev–Trinajstić information content (AvgIpc) is 3.52. The van der Waals surface area contributed by atoms with E-state index in [4.69, 9.17) is 4.42 Å². The second kappa shape index (κ2) is 8.92. The van der Waals surface area contributed by atoms with E-state index in [2.05, 4.69) is 20.7 Å². The van der Waals surface area contributed by atoms with Gasteiger partial charge in [-0.05, 0) is 42.0 Å². The van der Waals surface area contributed by atoms with E-state index in [1.165, 1.54) is 41.8 Å². The molecule has 0 aliphatic carbocycles. The lowest BCUT2D eigenvalue weighted by atomic mass is 10.1. The van der Waals surface area contributed by atoms with Gasteiger partial charge in [0.15, 0.2) is 5.76 Å². The molecule has 0 atom stereocenters. The van der Waals surface area contributed by atoms with E-state index in [1.54, 1.807) is 36.4 Å². The van der Waals surface area contributed by atoms with Gasteiger partial charge in [0.1, 0.15) is 18.3 Å². The Balaban J connectivity index is 1.44. The number of amides is 2. The number of nitrogens with one attached hydrogen (secondary N) is 2. The van der Waals surface area contributed by atoms with E-state index in [1.807, 2.05) is 0 Å². The van der Waals surface area contributed by atoms with Gasteiger partial charge in [-0.3, -0.25) is 19.7 Å². The lowest BCUT2D eigenvalue weighted by Crippen LogP contribution is -2.23. The third-order valence-corrected chi connectivity index (χ3v) is 4.48. The zero-order valence-electron chi connectivity index (χ0n) is 16.5. The minimum atomic E-state index is -0.584. The van der Waals surface area contributed by atoms with Crippen LogP contribution in [0.3, 0.4) is 0 Å². The number of rotatable bonds is 7. The van der Waals surface area contributed by atoms with Crippen molar-refractivity contribution in [3.63, 3.8) is 0 Å². The SMILES string of the molecule is O=C(NCc1cccc(NC(=O)c2ccco2)c1)c1ccc(-n2cncn2)c([N+](=O)[O-])c1. The Bertz CT molecular complexity index is 1270. The maximum Gasteiger partial charge on any atom is 0.295 e. The summed E-state index contributed by atoms with van der Waals surface area (Å²) in [5, 5.41) is 20.8. The van der Waals surface area contributed by atoms with E-state index in [0.717, 1.165) is 5.56 Å². The highest BCUT2D eigenvalue weighted by Crippen LogP contribution is 2.23. The van der Waals surface area contributed by atoms with Crippen LogP contribution in [0.25, 0.3) is 5.69 Å². The van der Waals surface area contributed by atoms with Crippen LogP contribution in [0.1, 0.15) is 26.5 Å². The zero-order chi connectivity index (χ0) is 22.5. The molecule has 11 nitrogen and oxygen atoms in total. The predicted molar refractivity (Wildman–Crippen MR) is 112 cm³/mol. The molecule has 0 aliphatic rings. The van der Waals surface area contributed by atoms with E-state index < -0.39 is 16.7 Å². The van der Waals surface area contributed by atoms with Crippen LogP contribution in [-0.4, -0.2) is 31.5 Å². The Morgan fingerprint density at radius 2 is 1.97 bits per heavy atom. The molecule has 0 spiro atoms. The van der Waals surface area contributed by atoms with Crippen molar-refractivity contribution in [2.75, 3.05) is 5.32 Å². The molecule has 11 heteroatoms. The molecular weight excluding hydrogens is 416 g/mol. The van der Waals surface area contributed by atoms with Crippen molar-refractivity contribution >= 4 is 23.2 Å². The maximum absolute atomic E-state index is 12.6. The minimum Gasteiger partial charge on any atom is -0.459 e. The largest absolute Gasteiger partial charge is 0.459 e. The van der Waals surface area contributed by atoms with Crippen LogP contribution in [0, 0.1) is 10.1 Å². The molecule has 0 bridgehead atoms. The zero-order valence-corrected chi connectivity index (χ0v) is 16.5. The highest BCUT2D eigenvalue weighted by Gasteiger charge is 2.19.